The second-order valence-corrected chi connectivity index (χ2v) is 3.37. The zero-order chi connectivity index (χ0) is 13.0. The van der Waals surface area contributed by atoms with Crippen LogP contribution in [0.5, 0.6) is 0 Å². The highest BCUT2D eigenvalue weighted by Gasteiger charge is 2.29. The van der Waals surface area contributed by atoms with E-state index in [1.165, 1.54) is 0 Å². The Labute approximate surface area is 96.0 Å². The van der Waals surface area contributed by atoms with Crippen molar-refractivity contribution in [2.24, 2.45) is 5.73 Å². The van der Waals surface area contributed by atoms with Gasteiger partial charge in [0.25, 0.3) is 11.8 Å². The minimum absolute atomic E-state index is 0.109. The SMILES string of the molecule is NC(=O)CC[C@H](NN1C(=O)C=CC1=O)C(=O)O. The van der Waals surface area contributed by atoms with Crippen molar-refractivity contribution in [1.82, 2.24) is 10.4 Å². The standard InChI is InChI=1S/C9H11N3O5/c10-6(13)2-1-5(9(16)17)11-12-7(14)3-4-8(12)15/h3-5,11H,1-2H2,(H2,10,13)(H,16,17)/t5-/m0/s1. The van der Waals surface area contributed by atoms with E-state index in [4.69, 9.17) is 10.8 Å². The Morgan fingerprint density at radius 1 is 1.35 bits per heavy atom. The molecule has 3 amide bonds. The summed E-state index contributed by atoms with van der Waals surface area (Å²) in [5.41, 5.74) is 7.12. The van der Waals surface area contributed by atoms with Crippen LogP contribution in [0, 0.1) is 0 Å². The van der Waals surface area contributed by atoms with Crippen molar-refractivity contribution in [3.63, 3.8) is 0 Å². The van der Waals surface area contributed by atoms with Gasteiger partial charge in [-0.15, -0.1) is 0 Å². The van der Waals surface area contributed by atoms with E-state index in [1.54, 1.807) is 0 Å². The van der Waals surface area contributed by atoms with Crippen molar-refractivity contribution in [1.29, 1.82) is 0 Å². The molecule has 0 spiro atoms. The lowest BCUT2D eigenvalue weighted by Crippen LogP contribution is -2.51. The fourth-order valence-corrected chi connectivity index (χ4v) is 1.21. The molecule has 17 heavy (non-hydrogen) atoms. The Morgan fingerprint density at radius 2 is 1.88 bits per heavy atom. The Kier molecular flexibility index (Phi) is 3.94. The summed E-state index contributed by atoms with van der Waals surface area (Å²) in [5.74, 6) is -3.24. The largest absolute Gasteiger partial charge is 0.480 e. The first-order valence-corrected chi connectivity index (χ1v) is 4.75. The first kappa shape index (κ1) is 12.8. The number of rotatable bonds is 6. The molecule has 0 saturated carbocycles. The molecule has 8 nitrogen and oxygen atoms in total. The molecule has 1 atom stereocenters. The summed E-state index contributed by atoms with van der Waals surface area (Å²) >= 11 is 0. The smallest absolute Gasteiger partial charge is 0.322 e. The Morgan fingerprint density at radius 3 is 2.29 bits per heavy atom. The number of nitrogens with one attached hydrogen (secondary N) is 1. The number of carboxylic acid groups (broad SMARTS) is 1. The maximum Gasteiger partial charge on any atom is 0.322 e. The van der Waals surface area contributed by atoms with Gasteiger partial charge in [0.2, 0.25) is 5.91 Å². The van der Waals surface area contributed by atoms with Crippen molar-refractivity contribution < 1.29 is 24.3 Å². The van der Waals surface area contributed by atoms with Gasteiger partial charge in [-0.3, -0.25) is 19.2 Å². The summed E-state index contributed by atoms with van der Waals surface area (Å²) in [5, 5.41) is 9.42. The number of amides is 3. The molecule has 0 aliphatic carbocycles. The van der Waals surface area contributed by atoms with Gasteiger partial charge in [-0.1, -0.05) is 0 Å². The molecule has 4 N–H and O–H groups in total. The number of carboxylic acids is 1. The van der Waals surface area contributed by atoms with Crippen LogP contribution in [0.3, 0.4) is 0 Å². The molecule has 0 bridgehead atoms. The average Bonchev–Trinajstić information content (AvgIpc) is 2.53. The highest BCUT2D eigenvalue weighted by molar-refractivity contribution is 6.12. The molecule has 0 fully saturated rings. The normalized spacial score (nSPS) is 16.4. The van der Waals surface area contributed by atoms with Gasteiger partial charge in [0.1, 0.15) is 6.04 Å². The zero-order valence-electron chi connectivity index (χ0n) is 8.75. The maximum absolute atomic E-state index is 11.2. The summed E-state index contributed by atoms with van der Waals surface area (Å²) < 4.78 is 0. The molecule has 0 aromatic rings. The van der Waals surface area contributed by atoms with Gasteiger partial charge >= 0.3 is 5.97 Å². The van der Waals surface area contributed by atoms with Crippen molar-refractivity contribution in [2.75, 3.05) is 0 Å². The van der Waals surface area contributed by atoms with Crippen LogP contribution in [-0.2, 0) is 19.2 Å². The predicted molar refractivity (Wildman–Crippen MR) is 54.0 cm³/mol. The van der Waals surface area contributed by atoms with Gasteiger partial charge in [0, 0.05) is 18.6 Å². The molecule has 0 saturated heterocycles. The number of nitrogens with two attached hydrogens (primary N) is 1. The van der Waals surface area contributed by atoms with E-state index in [0.29, 0.717) is 5.01 Å². The number of aliphatic carboxylic acids is 1. The number of hydrazine groups is 1. The molecule has 0 unspecified atom stereocenters. The lowest BCUT2D eigenvalue weighted by atomic mass is 10.1. The monoisotopic (exact) mass is 241 g/mol. The van der Waals surface area contributed by atoms with Crippen LogP contribution >= 0.6 is 0 Å². The lowest BCUT2D eigenvalue weighted by molar-refractivity contribution is -0.146. The fraction of sp³-hybridized carbons (Fsp3) is 0.333. The van der Waals surface area contributed by atoms with E-state index in [0.717, 1.165) is 12.2 Å². The molecule has 1 heterocycles. The molecule has 8 heteroatoms. The number of carbonyl (C=O) groups excluding carboxylic acids is 3. The number of hydrogen-bond acceptors (Lipinski definition) is 5. The number of hydrogen-bond donors (Lipinski definition) is 3. The quantitative estimate of drug-likeness (QED) is 0.467. The molecular weight excluding hydrogens is 230 g/mol. The number of nitrogens with zero attached hydrogens (tertiary/aromatic N) is 1. The van der Waals surface area contributed by atoms with Crippen molar-refractivity contribution in [3.8, 4) is 0 Å². The average molecular weight is 241 g/mol. The van der Waals surface area contributed by atoms with Gasteiger partial charge in [-0.2, -0.15) is 0 Å². The third-order valence-electron chi connectivity index (χ3n) is 2.07. The van der Waals surface area contributed by atoms with Crippen LogP contribution in [-0.4, -0.2) is 39.8 Å². The highest BCUT2D eigenvalue weighted by atomic mass is 16.4. The minimum atomic E-state index is -1.28. The van der Waals surface area contributed by atoms with E-state index in [9.17, 15) is 19.2 Å². The predicted octanol–water partition coefficient (Wildman–Crippen LogP) is -1.87. The summed E-state index contributed by atoms with van der Waals surface area (Å²) in [6.45, 7) is 0. The van der Waals surface area contributed by atoms with Gasteiger partial charge in [-0.25, -0.2) is 10.4 Å². The maximum atomic E-state index is 11.2. The van der Waals surface area contributed by atoms with E-state index in [2.05, 4.69) is 5.43 Å². The van der Waals surface area contributed by atoms with Gasteiger partial charge in [0.15, 0.2) is 0 Å². The Hall–Kier alpha value is -2.22. The van der Waals surface area contributed by atoms with Gasteiger partial charge < -0.3 is 10.8 Å². The minimum Gasteiger partial charge on any atom is -0.480 e. The molecule has 0 aromatic carbocycles. The van der Waals surface area contributed by atoms with Crippen molar-refractivity contribution in [2.45, 2.75) is 18.9 Å². The van der Waals surface area contributed by atoms with Crippen LogP contribution in [0.2, 0.25) is 0 Å². The molecule has 0 radical (unpaired) electrons. The summed E-state index contributed by atoms with van der Waals surface area (Å²) in [4.78, 5) is 43.7. The summed E-state index contributed by atoms with van der Waals surface area (Å²) in [6.07, 6.45) is 1.76. The second kappa shape index (κ2) is 5.21. The number of carbonyl (C=O) groups is 4. The van der Waals surface area contributed by atoms with Gasteiger partial charge in [-0.05, 0) is 6.42 Å². The molecule has 1 rings (SSSR count). The first-order chi connectivity index (χ1) is 7.91. The van der Waals surface area contributed by atoms with E-state index >= 15 is 0 Å². The Bertz CT molecular complexity index is 385. The van der Waals surface area contributed by atoms with Crippen molar-refractivity contribution >= 4 is 23.7 Å². The first-order valence-electron chi connectivity index (χ1n) is 4.75. The zero-order valence-corrected chi connectivity index (χ0v) is 8.75. The third kappa shape index (κ3) is 3.38. The molecule has 0 aromatic heterocycles. The van der Waals surface area contributed by atoms with Crippen LogP contribution in [0.25, 0.3) is 0 Å². The molecule has 1 aliphatic rings. The third-order valence-corrected chi connectivity index (χ3v) is 2.07. The molecule has 92 valence electrons. The number of primary amides is 1. The van der Waals surface area contributed by atoms with Crippen LogP contribution in [0.15, 0.2) is 12.2 Å². The fourth-order valence-electron chi connectivity index (χ4n) is 1.21. The van der Waals surface area contributed by atoms with E-state index in [-0.39, 0.29) is 12.8 Å². The second-order valence-electron chi connectivity index (χ2n) is 3.37. The van der Waals surface area contributed by atoms with Gasteiger partial charge in [0.05, 0.1) is 0 Å². The van der Waals surface area contributed by atoms with Crippen molar-refractivity contribution in [3.05, 3.63) is 12.2 Å². The summed E-state index contributed by atoms with van der Waals surface area (Å²) in [7, 11) is 0. The lowest BCUT2D eigenvalue weighted by Gasteiger charge is -2.20. The van der Waals surface area contributed by atoms with Crippen LogP contribution < -0.4 is 11.2 Å². The number of imide groups is 1. The molecular formula is C9H11N3O5. The summed E-state index contributed by atoms with van der Waals surface area (Å²) in [6, 6.07) is -1.23. The van der Waals surface area contributed by atoms with Crippen LogP contribution in [0.1, 0.15) is 12.8 Å². The van der Waals surface area contributed by atoms with E-state index in [1.807, 2.05) is 0 Å². The topological polar surface area (TPSA) is 130 Å². The Balaban J connectivity index is 2.61. The van der Waals surface area contributed by atoms with E-state index < -0.39 is 29.7 Å². The highest BCUT2D eigenvalue weighted by Crippen LogP contribution is 2.04. The molecule has 1 aliphatic heterocycles. The van der Waals surface area contributed by atoms with Crippen LogP contribution in [0.4, 0.5) is 0 Å².